The van der Waals surface area contributed by atoms with Crippen LogP contribution in [0.5, 0.6) is 0 Å². The van der Waals surface area contributed by atoms with Gasteiger partial charge in [0.15, 0.2) is 0 Å². The smallest absolute Gasteiger partial charge is 0.224 e. The molecular formula is C25H32FN3O2. The van der Waals surface area contributed by atoms with E-state index in [1.54, 1.807) is 24.4 Å². The standard InChI is InChI=1S/C25H32FN3O2/c26-23-15-21(18-29-11-13-31-14-12-29)5-7-22(23)24-8-6-20(17-28-24)16-25(30)27-10-9-19-3-1-2-4-19/h5-8,15,17,19H,1-4,9-14,16,18H2,(H,27,30). The second kappa shape index (κ2) is 10.8. The van der Waals surface area contributed by atoms with Crippen LogP contribution in [0.1, 0.15) is 43.2 Å². The lowest BCUT2D eigenvalue weighted by Crippen LogP contribution is -2.35. The van der Waals surface area contributed by atoms with Crippen molar-refractivity contribution in [3.63, 3.8) is 0 Å². The molecule has 0 spiro atoms. The zero-order valence-electron chi connectivity index (χ0n) is 18.1. The van der Waals surface area contributed by atoms with Crippen LogP contribution in [0.3, 0.4) is 0 Å². The molecule has 0 radical (unpaired) electrons. The van der Waals surface area contributed by atoms with Crippen molar-refractivity contribution in [2.45, 2.75) is 45.1 Å². The van der Waals surface area contributed by atoms with Gasteiger partial charge in [-0.05, 0) is 41.7 Å². The van der Waals surface area contributed by atoms with Gasteiger partial charge in [0.2, 0.25) is 5.91 Å². The molecule has 2 heterocycles. The van der Waals surface area contributed by atoms with Crippen molar-refractivity contribution in [1.29, 1.82) is 0 Å². The molecule has 1 saturated carbocycles. The predicted molar refractivity (Wildman–Crippen MR) is 119 cm³/mol. The first-order valence-corrected chi connectivity index (χ1v) is 11.5. The number of aromatic nitrogens is 1. The average molecular weight is 426 g/mol. The Balaban J connectivity index is 1.29. The summed E-state index contributed by atoms with van der Waals surface area (Å²) >= 11 is 0. The first kappa shape index (κ1) is 21.9. The first-order valence-electron chi connectivity index (χ1n) is 11.5. The van der Waals surface area contributed by atoms with E-state index in [-0.39, 0.29) is 11.7 Å². The number of benzene rings is 1. The van der Waals surface area contributed by atoms with Crippen LogP contribution in [0.15, 0.2) is 36.5 Å². The summed E-state index contributed by atoms with van der Waals surface area (Å²) in [5.41, 5.74) is 2.86. The van der Waals surface area contributed by atoms with Gasteiger partial charge in [-0.1, -0.05) is 37.8 Å². The third kappa shape index (κ3) is 6.34. The zero-order chi connectivity index (χ0) is 21.5. The topological polar surface area (TPSA) is 54.5 Å². The molecule has 1 aliphatic heterocycles. The number of hydrogen-bond acceptors (Lipinski definition) is 4. The second-order valence-corrected chi connectivity index (χ2v) is 8.72. The van der Waals surface area contributed by atoms with E-state index in [1.807, 2.05) is 12.1 Å². The summed E-state index contributed by atoms with van der Waals surface area (Å²) in [5.74, 6) is 0.526. The van der Waals surface area contributed by atoms with Crippen LogP contribution < -0.4 is 5.32 Å². The SMILES string of the molecule is O=C(Cc1ccc(-c2ccc(CN3CCOCC3)cc2F)nc1)NCCC1CCCC1. The van der Waals surface area contributed by atoms with Crippen molar-refractivity contribution in [3.05, 3.63) is 53.5 Å². The molecule has 0 unspecified atom stereocenters. The highest BCUT2D eigenvalue weighted by Gasteiger charge is 2.15. The number of rotatable bonds is 8. The van der Waals surface area contributed by atoms with E-state index in [2.05, 4.69) is 15.2 Å². The summed E-state index contributed by atoms with van der Waals surface area (Å²) in [6, 6.07) is 9.00. The van der Waals surface area contributed by atoms with E-state index in [4.69, 9.17) is 4.74 Å². The summed E-state index contributed by atoms with van der Waals surface area (Å²) in [6.07, 6.45) is 8.30. The van der Waals surface area contributed by atoms with Gasteiger partial charge in [-0.25, -0.2) is 4.39 Å². The maximum atomic E-state index is 14.7. The van der Waals surface area contributed by atoms with Crippen molar-refractivity contribution in [2.24, 2.45) is 5.92 Å². The van der Waals surface area contributed by atoms with Gasteiger partial charge in [-0.3, -0.25) is 14.7 Å². The summed E-state index contributed by atoms with van der Waals surface area (Å²) in [4.78, 5) is 18.9. The Bertz CT molecular complexity index is 860. The third-order valence-electron chi connectivity index (χ3n) is 6.36. The maximum absolute atomic E-state index is 14.7. The monoisotopic (exact) mass is 425 g/mol. The molecule has 2 fully saturated rings. The Kier molecular flexibility index (Phi) is 7.65. The zero-order valence-corrected chi connectivity index (χ0v) is 18.1. The molecule has 1 N–H and O–H groups in total. The van der Waals surface area contributed by atoms with Crippen molar-refractivity contribution in [1.82, 2.24) is 15.2 Å². The number of halogens is 1. The summed E-state index contributed by atoms with van der Waals surface area (Å²) in [5, 5.41) is 3.01. The lowest BCUT2D eigenvalue weighted by molar-refractivity contribution is -0.120. The molecule has 1 aliphatic carbocycles. The minimum Gasteiger partial charge on any atom is -0.379 e. The fourth-order valence-corrected chi connectivity index (χ4v) is 4.53. The minimum atomic E-state index is -0.268. The number of nitrogens with one attached hydrogen (secondary N) is 1. The third-order valence-corrected chi connectivity index (χ3v) is 6.36. The van der Waals surface area contributed by atoms with E-state index >= 15 is 0 Å². The molecular weight excluding hydrogens is 393 g/mol. The Morgan fingerprint density at radius 3 is 2.61 bits per heavy atom. The van der Waals surface area contributed by atoms with Crippen molar-refractivity contribution in [3.8, 4) is 11.3 Å². The number of amides is 1. The Labute approximate surface area is 184 Å². The van der Waals surface area contributed by atoms with Gasteiger partial charge < -0.3 is 10.1 Å². The predicted octanol–water partition coefficient (Wildman–Crippen LogP) is 3.96. The number of ether oxygens (including phenoxy) is 1. The van der Waals surface area contributed by atoms with Crippen molar-refractivity contribution < 1.29 is 13.9 Å². The molecule has 5 nitrogen and oxygen atoms in total. The number of hydrogen-bond donors (Lipinski definition) is 1. The molecule has 166 valence electrons. The lowest BCUT2D eigenvalue weighted by atomic mass is 10.0. The van der Waals surface area contributed by atoms with Gasteiger partial charge in [0, 0.05) is 37.9 Å². The minimum absolute atomic E-state index is 0.0196. The van der Waals surface area contributed by atoms with Crippen LogP contribution in [-0.2, 0) is 22.5 Å². The van der Waals surface area contributed by atoms with Gasteiger partial charge in [0.05, 0.1) is 25.3 Å². The Morgan fingerprint density at radius 2 is 1.90 bits per heavy atom. The molecule has 31 heavy (non-hydrogen) atoms. The highest BCUT2D eigenvalue weighted by Crippen LogP contribution is 2.27. The lowest BCUT2D eigenvalue weighted by Gasteiger charge is -2.26. The van der Waals surface area contributed by atoms with E-state index in [1.165, 1.54) is 25.7 Å². The van der Waals surface area contributed by atoms with Gasteiger partial charge in [0.25, 0.3) is 0 Å². The van der Waals surface area contributed by atoms with Gasteiger partial charge >= 0.3 is 0 Å². The van der Waals surface area contributed by atoms with Crippen LogP contribution in [0, 0.1) is 11.7 Å². The molecule has 1 amide bonds. The van der Waals surface area contributed by atoms with Gasteiger partial charge in [0.1, 0.15) is 5.82 Å². The van der Waals surface area contributed by atoms with E-state index in [9.17, 15) is 9.18 Å². The Morgan fingerprint density at radius 1 is 1.13 bits per heavy atom. The van der Waals surface area contributed by atoms with Gasteiger partial charge in [-0.15, -0.1) is 0 Å². The van der Waals surface area contributed by atoms with Gasteiger partial charge in [-0.2, -0.15) is 0 Å². The van der Waals surface area contributed by atoms with Crippen LogP contribution in [-0.4, -0.2) is 48.6 Å². The van der Waals surface area contributed by atoms with E-state index in [0.717, 1.165) is 62.9 Å². The number of nitrogens with zero attached hydrogens (tertiary/aromatic N) is 2. The molecule has 6 heteroatoms. The average Bonchev–Trinajstić information content (AvgIpc) is 3.29. The molecule has 4 rings (SSSR count). The molecule has 0 atom stereocenters. The van der Waals surface area contributed by atoms with Crippen molar-refractivity contribution >= 4 is 5.91 Å². The fraction of sp³-hybridized carbons (Fsp3) is 0.520. The van der Waals surface area contributed by atoms with Crippen LogP contribution in [0.25, 0.3) is 11.3 Å². The fourth-order valence-electron chi connectivity index (χ4n) is 4.53. The molecule has 1 saturated heterocycles. The van der Waals surface area contributed by atoms with Crippen molar-refractivity contribution in [2.75, 3.05) is 32.8 Å². The summed E-state index contributed by atoms with van der Waals surface area (Å²) in [6.45, 7) is 4.69. The maximum Gasteiger partial charge on any atom is 0.224 e. The van der Waals surface area contributed by atoms with Crippen LogP contribution >= 0.6 is 0 Å². The molecule has 0 bridgehead atoms. The molecule has 1 aromatic heterocycles. The highest BCUT2D eigenvalue weighted by atomic mass is 19.1. The number of carbonyl (C=O) groups is 1. The highest BCUT2D eigenvalue weighted by molar-refractivity contribution is 5.78. The molecule has 1 aromatic carbocycles. The summed E-state index contributed by atoms with van der Waals surface area (Å²) in [7, 11) is 0. The number of carbonyl (C=O) groups excluding carboxylic acids is 1. The Hall–Kier alpha value is -2.31. The summed E-state index contributed by atoms with van der Waals surface area (Å²) < 4.78 is 20.1. The first-order chi connectivity index (χ1) is 15.2. The van der Waals surface area contributed by atoms with Crippen LogP contribution in [0.2, 0.25) is 0 Å². The molecule has 2 aromatic rings. The van der Waals surface area contributed by atoms with E-state index < -0.39 is 0 Å². The largest absolute Gasteiger partial charge is 0.379 e. The van der Waals surface area contributed by atoms with E-state index in [0.29, 0.717) is 17.7 Å². The molecule has 2 aliphatic rings. The number of pyridine rings is 1. The second-order valence-electron chi connectivity index (χ2n) is 8.72. The number of morpholine rings is 1. The quantitative estimate of drug-likeness (QED) is 0.696. The van der Waals surface area contributed by atoms with Crippen LogP contribution in [0.4, 0.5) is 4.39 Å². The normalized spacial score (nSPS) is 17.7.